The minimum atomic E-state index is -1.10. The summed E-state index contributed by atoms with van der Waals surface area (Å²) in [6.07, 6.45) is -0.998. The van der Waals surface area contributed by atoms with Crippen molar-refractivity contribution in [2.45, 2.75) is 20.0 Å². The molecule has 6 heteroatoms. The summed E-state index contributed by atoms with van der Waals surface area (Å²) >= 11 is 3.36. The molecule has 0 bridgehead atoms. The minimum absolute atomic E-state index is 0.289. The van der Waals surface area contributed by atoms with E-state index >= 15 is 0 Å². The number of rotatable bonds is 5. The molecule has 2 N–H and O–H groups in total. The molecule has 5 nitrogen and oxygen atoms in total. The number of hydrogen-bond donors (Lipinski definition) is 2. The first kappa shape index (κ1) is 14.7. The molecule has 0 spiro atoms. The Bertz CT molecular complexity index is 461. The highest BCUT2D eigenvalue weighted by Crippen LogP contribution is 2.19. The van der Waals surface area contributed by atoms with Gasteiger partial charge in [0.15, 0.2) is 6.10 Å². The number of ether oxygens (including phenoxy) is 1. The van der Waals surface area contributed by atoms with Gasteiger partial charge in [-0.25, -0.2) is 4.79 Å². The van der Waals surface area contributed by atoms with Crippen LogP contribution in [0.2, 0.25) is 0 Å². The van der Waals surface area contributed by atoms with Crippen molar-refractivity contribution in [3.8, 4) is 0 Å². The summed E-state index contributed by atoms with van der Waals surface area (Å²) < 4.78 is 5.83. The lowest BCUT2D eigenvalue weighted by Crippen LogP contribution is -2.26. The number of nitrogens with one attached hydrogen (secondary N) is 1. The van der Waals surface area contributed by atoms with E-state index in [-0.39, 0.29) is 12.5 Å². The van der Waals surface area contributed by atoms with Crippen molar-refractivity contribution < 1.29 is 19.4 Å². The number of anilines is 1. The Morgan fingerprint density at radius 1 is 1.50 bits per heavy atom. The largest absolute Gasteiger partial charge is 0.479 e. The maximum atomic E-state index is 11.5. The first-order valence-electron chi connectivity index (χ1n) is 5.30. The van der Waals surface area contributed by atoms with Crippen LogP contribution in [0.25, 0.3) is 0 Å². The van der Waals surface area contributed by atoms with Crippen molar-refractivity contribution in [2.75, 3.05) is 11.9 Å². The second-order valence-electron chi connectivity index (χ2n) is 3.80. The average Bonchev–Trinajstić information content (AvgIpc) is 2.30. The molecule has 0 unspecified atom stereocenters. The quantitative estimate of drug-likeness (QED) is 0.873. The lowest BCUT2D eigenvalue weighted by molar-refractivity contribution is -0.150. The number of carbonyl (C=O) groups excluding carboxylic acids is 1. The van der Waals surface area contributed by atoms with Gasteiger partial charge in [-0.1, -0.05) is 15.9 Å². The fraction of sp³-hybridized carbons (Fsp3) is 0.333. The number of carboxylic acid groups (broad SMARTS) is 1. The van der Waals surface area contributed by atoms with Crippen molar-refractivity contribution in [3.63, 3.8) is 0 Å². The van der Waals surface area contributed by atoms with Gasteiger partial charge in [0.1, 0.15) is 6.61 Å². The molecule has 0 fully saturated rings. The molecule has 18 heavy (non-hydrogen) atoms. The lowest BCUT2D eigenvalue weighted by atomic mass is 10.2. The van der Waals surface area contributed by atoms with Gasteiger partial charge >= 0.3 is 5.97 Å². The molecule has 0 aromatic heterocycles. The van der Waals surface area contributed by atoms with Crippen molar-refractivity contribution >= 4 is 33.5 Å². The molecule has 0 aliphatic carbocycles. The zero-order valence-electron chi connectivity index (χ0n) is 10.1. The van der Waals surface area contributed by atoms with Gasteiger partial charge in [0.2, 0.25) is 5.91 Å². The topological polar surface area (TPSA) is 75.6 Å². The lowest BCUT2D eigenvalue weighted by Gasteiger charge is -2.09. The van der Waals surface area contributed by atoms with E-state index in [1.54, 1.807) is 6.07 Å². The molecule has 1 rings (SSSR count). The monoisotopic (exact) mass is 315 g/mol. The Kier molecular flexibility index (Phi) is 5.30. The molecule has 0 aliphatic rings. The molecular formula is C12H14BrNO4. The standard InChI is InChI=1S/C12H14BrNO4/c1-7-5-9(3-4-10(7)13)14-11(15)6-18-8(2)12(16)17/h3-5,8H,6H2,1-2H3,(H,14,15)(H,16,17)/t8-/m1/s1. The summed E-state index contributed by atoms with van der Waals surface area (Å²) in [5.41, 5.74) is 1.64. The molecule has 1 aromatic rings. The van der Waals surface area contributed by atoms with Crippen LogP contribution in [0.15, 0.2) is 22.7 Å². The summed E-state index contributed by atoms with van der Waals surface area (Å²) in [4.78, 5) is 22.0. The predicted octanol–water partition coefficient (Wildman–Crippen LogP) is 2.19. The van der Waals surface area contributed by atoms with E-state index in [0.29, 0.717) is 5.69 Å². The van der Waals surface area contributed by atoms with Gasteiger partial charge in [0.25, 0.3) is 0 Å². The van der Waals surface area contributed by atoms with Gasteiger partial charge in [0.05, 0.1) is 0 Å². The summed E-state index contributed by atoms with van der Waals surface area (Å²) in [5, 5.41) is 11.2. The molecular weight excluding hydrogens is 302 g/mol. The van der Waals surface area contributed by atoms with Crippen LogP contribution in [-0.2, 0) is 14.3 Å². The molecule has 0 heterocycles. The van der Waals surface area contributed by atoms with Gasteiger partial charge in [-0.3, -0.25) is 4.79 Å². The van der Waals surface area contributed by atoms with Gasteiger partial charge in [-0.2, -0.15) is 0 Å². The molecule has 1 amide bonds. The van der Waals surface area contributed by atoms with Crippen LogP contribution < -0.4 is 5.32 Å². The number of hydrogen-bond acceptors (Lipinski definition) is 3. The Morgan fingerprint density at radius 3 is 2.72 bits per heavy atom. The second kappa shape index (κ2) is 6.51. The fourth-order valence-corrected chi connectivity index (χ4v) is 1.44. The van der Waals surface area contributed by atoms with Crippen molar-refractivity contribution in [3.05, 3.63) is 28.2 Å². The zero-order chi connectivity index (χ0) is 13.7. The molecule has 98 valence electrons. The van der Waals surface area contributed by atoms with E-state index in [2.05, 4.69) is 21.2 Å². The van der Waals surface area contributed by atoms with Crippen LogP contribution >= 0.6 is 15.9 Å². The summed E-state index contributed by atoms with van der Waals surface area (Å²) in [5.74, 6) is -1.48. The molecule has 0 saturated carbocycles. The van der Waals surface area contributed by atoms with Gasteiger partial charge in [-0.05, 0) is 37.6 Å². The number of carbonyl (C=O) groups is 2. The highest BCUT2D eigenvalue weighted by Gasteiger charge is 2.13. The van der Waals surface area contributed by atoms with Crippen molar-refractivity contribution in [1.29, 1.82) is 0 Å². The number of carboxylic acids is 1. The van der Waals surface area contributed by atoms with Crippen LogP contribution in [0.1, 0.15) is 12.5 Å². The van der Waals surface area contributed by atoms with E-state index in [1.807, 2.05) is 19.1 Å². The third-order valence-corrected chi connectivity index (χ3v) is 3.14. The average molecular weight is 316 g/mol. The summed E-state index contributed by atoms with van der Waals surface area (Å²) in [7, 11) is 0. The highest BCUT2D eigenvalue weighted by atomic mass is 79.9. The zero-order valence-corrected chi connectivity index (χ0v) is 11.7. The molecule has 0 radical (unpaired) electrons. The maximum absolute atomic E-state index is 11.5. The molecule has 0 aliphatic heterocycles. The Balaban J connectivity index is 2.49. The molecule has 1 atom stereocenters. The van der Waals surface area contributed by atoms with Crippen molar-refractivity contribution in [2.24, 2.45) is 0 Å². The van der Waals surface area contributed by atoms with E-state index < -0.39 is 12.1 Å². The third kappa shape index (κ3) is 4.46. The van der Waals surface area contributed by atoms with Crippen LogP contribution in [0.3, 0.4) is 0 Å². The first-order chi connectivity index (χ1) is 8.40. The van der Waals surface area contributed by atoms with E-state index in [1.165, 1.54) is 6.92 Å². The Hall–Kier alpha value is -1.40. The van der Waals surface area contributed by atoms with Crippen LogP contribution in [-0.4, -0.2) is 29.7 Å². The van der Waals surface area contributed by atoms with Crippen molar-refractivity contribution in [1.82, 2.24) is 0 Å². The van der Waals surface area contributed by atoms with E-state index in [9.17, 15) is 9.59 Å². The highest BCUT2D eigenvalue weighted by molar-refractivity contribution is 9.10. The smallest absolute Gasteiger partial charge is 0.332 e. The van der Waals surface area contributed by atoms with Gasteiger partial charge in [-0.15, -0.1) is 0 Å². The van der Waals surface area contributed by atoms with Crippen LogP contribution in [0, 0.1) is 6.92 Å². The van der Waals surface area contributed by atoms with E-state index in [0.717, 1.165) is 10.0 Å². The number of aryl methyl sites for hydroxylation is 1. The van der Waals surface area contributed by atoms with Crippen LogP contribution in [0.4, 0.5) is 5.69 Å². The Labute approximate surface area is 113 Å². The molecule has 0 saturated heterocycles. The maximum Gasteiger partial charge on any atom is 0.332 e. The summed E-state index contributed by atoms with van der Waals surface area (Å²) in [6, 6.07) is 5.38. The van der Waals surface area contributed by atoms with Crippen LogP contribution in [0.5, 0.6) is 0 Å². The summed E-state index contributed by atoms with van der Waals surface area (Å²) in [6.45, 7) is 2.99. The number of halogens is 1. The van der Waals surface area contributed by atoms with E-state index in [4.69, 9.17) is 9.84 Å². The number of benzene rings is 1. The Morgan fingerprint density at radius 2 is 2.17 bits per heavy atom. The third-order valence-electron chi connectivity index (χ3n) is 2.25. The predicted molar refractivity (Wildman–Crippen MR) is 70.6 cm³/mol. The normalized spacial score (nSPS) is 11.9. The van der Waals surface area contributed by atoms with Gasteiger partial charge < -0.3 is 15.2 Å². The second-order valence-corrected chi connectivity index (χ2v) is 4.66. The number of amides is 1. The first-order valence-corrected chi connectivity index (χ1v) is 6.10. The fourth-order valence-electron chi connectivity index (χ4n) is 1.19. The van der Waals surface area contributed by atoms with Gasteiger partial charge in [0, 0.05) is 10.2 Å². The molecule has 1 aromatic carbocycles. The SMILES string of the molecule is Cc1cc(NC(=O)CO[C@H](C)C(=O)O)ccc1Br. The number of aliphatic carboxylic acids is 1. The minimum Gasteiger partial charge on any atom is -0.479 e.